The Balaban J connectivity index is 2.03. The standard InChI is InChI=1S/C21H29NO3S/c1-4-9-18(22-25-5-2)21-19(23)13-16(14-20(21)24)12-15(3)26-17-10-7-6-8-11-17/h6-8,10-11,15-16,23H,4-5,9,12-14H2,1-3H3/b22-18+. The van der Waals surface area contributed by atoms with Gasteiger partial charge < -0.3 is 9.94 Å². The average Bonchev–Trinajstić information content (AvgIpc) is 2.59. The maximum absolute atomic E-state index is 12.7. The van der Waals surface area contributed by atoms with E-state index < -0.39 is 0 Å². The minimum absolute atomic E-state index is 0.0115. The number of nitrogens with zero attached hydrogens (tertiary/aromatic N) is 1. The molecule has 1 aliphatic carbocycles. The molecule has 2 rings (SSSR count). The van der Waals surface area contributed by atoms with Crippen molar-refractivity contribution < 1.29 is 14.7 Å². The zero-order valence-electron chi connectivity index (χ0n) is 15.9. The lowest BCUT2D eigenvalue weighted by Gasteiger charge is -2.26. The molecule has 5 heteroatoms. The molecule has 0 bridgehead atoms. The van der Waals surface area contributed by atoms with E-state index >= 15 is 0 Å². The van der Waals surface area contributed by atoms with E-state index in [1.165, 1.54) is 4.90 Å². The highest BCUT2D eigenvalue weighted by atomic mass is 32.2. The number of carbonyl (C=O) groups excluding carboxylic acids is 1. The predicted molar refractivity (Wildman–Crippen MR) is 108 cm³/mol. The quantitative estimate of drug-likeness (QED) is 0.350. The van der Waals surface area contributed by atoms with Crippen LogP contribution in [-0.4, -0.2) is 28.5 Å². The molecule has 0 aromatic heterocycles. The van der Waals surface area contributed by atoms with Crippen LogP contribution < -0.4 is 0 Å². The van der Waals surface area contributed by atoms with E-state index in [4.69, 9.17) is 4.84 Å². The Labute approximate surface area is 160 Å². The fourth-order valence-electron chi connectivity index (χ4n) is 3.31. The van der Waals surface area contributed by atoms with Gasteiger partial charge >= 0.3 is 0 Å². The molecule has 1 aliphatic rings. The van der Waals surface area contributed by atoms with E-state index in [1.807, 2.05) is 43.8 Å². The third kappa shape index (κ3) is 5.90. The lowest BCUT2D eigenvalue weighted by molar-refractivity contribution is -0.116. The molecule has 1 N–H and O–H groups in total. The molecule has 0 spiro atoms. The summed E-state index contributed by atoms with van der Waals surface area (Å²) in [4.78, 5) is 19.0. The Hall–Kier alpha value is -1.75. The van der Waals surface area contributed by atoms with Crippen molar-refractivity contribution >= 4 is 23.3 Å². The van der Waals surface area contributed by atoms with Gasteiger partial charge in [0.1, 0.15) is 12.4 Å². The number of oxime groups is 1. The van der Waals surface area contributed by atoms with Gasteiger partial charge in [0, 0.05) is 23.0 Å². The molecule has 0 saturated carbocycles. The van der Waals surface area contributed by atoms with Gasteiger partial charge in [-0.3, -0.25) is 4.79 Å². The van der Waals surface area contributed by atoms with E-state index in [1.54, 1.807) is 0 Å². The van der Waals surface area contributed by atoms with Gasteiger partial charge in [0.15, 0.2) is 5.78 Å². The Bertz CT molecular complexity index is 654. The number of aliphatic hydroxyl groups excluding tert-OH is 1. The SMILES string of the molecule is CCC/C(=N\OCC)C1=C(O)CC(CC(C)Sc2ccccc2)CC1=O. The topological polar surface area (TPSA) is 58.9 Å². The van der Waals surface area contributed by atoms with Crippen LogP contribution in [0, 0.1) is 5.92 Å². The lowest BCUT2D eigenvalue weighted by atomic mass is 9.82. The van der Waals surface area contributed by atoms with Gasteiger partial charge in [-0.15, -0.1) is 11.8 Å². The highest BCUT2D eigenvalue weighted by Gasteiger charge is 2.31. The van der Waals surface area contributed by atoms with E-state index in [0.717, 1.165) is 12.8 Å². The number of rotatable bonds is 9. The Morgan fingerprint density at radius 3 is 2.65 bits per heavy atom. The first-order valence-corrected chi connectivity index (χ1v) is 10.3. The van der Waals surface area contributed by atoms with Crippen LogP contribution in [0.4, 0.5) is 0 Å². The van der Waals surface area contributed by atoms with Crippen LogP contribution in [0.3, 0.4) is 0 Å². The first-order chi connectivity index (χ1) is 12.5. The molecular formula is C21H29NO3S. The molecule has 0 saturated heterocycles. The molecule has 1 aromatic rings. The average molecular weight is 376 g/mol. The summed E-state index contributed by atoms with van der Waals surface area (Å²) >= 11 is 1.81. The van der Waals surface area contributed by atoms with Crippen molar-refractivity contribution in [1.82, 2.24) is 0 Å². The molecule has 142 valence electrons. The number of allylic oxidation sites excluding steroid dienone is 2. The fraction of sp³-hybridized carbons (Fsp3) is 0.524. The predicted octanol–water partition coefficient (Wildman–Crippen LogP) is 5.54. The molecule has 0 amide bonds. The Kier molecular flexibility index (Phi) is 8.23. The number of ketones is 1. The maximum atomic E-state index is 12.7. The molecular weight excluding hydrogens is 346 g/mol. The van der Waals surface area contributed by atoms with E-state index in [0.29, 0.717) is 42.4 Å². The van der Waals surface area contributed by atoms with E-state index in [9.17, 15) is 9.90 Å². The number of benzene rings is 1. The third-order valence-electron chi connectivity index (χ3n) is 4.35. The van der Waals surface area contributed by atoms with Gasteiger partial charge in [-0.1, -0.05) is 43.6 Å². The zero-order valence-corrected chi connectivity index (χ0v) is 16.7. The lowest BCUT2D eigenvalue weighted by Crippen LogP contribution is -2.26. The van der Waals surface area contributed by atoms with Crippen molar-refractivity contribution in [2.24, 2.45) is 11.1 Å². The molecule has 0 fully saturated rings. The summed E-state index contributed by atoms with van der Waals surface area (Å²) in [6, 6.07) is 10.3. The number of carbonyl (C=O) groups is 1. The van der Waals surface area contributed by atoms with E-state index in [2.05, 4.69) is 24.2 Å². The van der Waals surface area contributed by atoms with Gasteiger partial charge in [0.05, 0.1) is 11.3 Å². The summed E-state index contributed by atoms with van der Waals surface area (Å²) in [5.41, 5.74) is 0.974. The maximum Gasteiger partial charge on any atom is 0.168 e. The Morgan fingerprint density at radius 1 is 1.31 bits per heavy atom. The number of hydrogen-bond donors (Lipinski definition) is 1. The largest absolute Gasteiger partial charge is 0.511 e. The highest BCUT2D eigenvalue weighted by Crippen LogP contribution is 2.34. The highest BCUT2D eigenvalue weighted by molar-refractivity contribution is 7.99. The van der Waals surface area contributed by atoms with Crippen LogP contribution in [0.5, 0.6) is 0 Å². The smallest absolute Gasteiger partial charge is 0.168 e. The number of thioether (sulfide) groups is 1. The second-order valence-electron chi connectivity index (χ2n) is 6.70. The van der Waals surface area contributed by atoms with Crippen LogP contribution in [0.1, 0.15) is 52.9 Å². The second kappa shape index (κ2) is 10.4. The van der Waals surface area contributed by atoms with Crippen molar-refractivity contribution in [3.05, 3.63) is 41.7 Å². The summed E-state index contributed by atoms with van der Waals surface area (Å²) in [5.74, 6) is 0.338. The minimum Gasteiger partial charge on any atom is -0.511 e. The molecule has 0 radical (unpaired) electrons. The van der Waals surface area contributed by atoms with Crippen molar-refractivity contribution in [1.29, 1.82) is 0 Å². The minimum atomic E-state index is -0.0115. The van der Waals surface area contributed by atoms with Crippen LogP contribution in [-0.2, 0) is 9.63 Å². The number of aliphatic hydroxyl groups is 1. The summed E-state index contributed by atoms with van der Waals surface area (Å²) < 4.78 is 0. The van der Waals surface area contributed by atoms with Crippen molar-refractivity contribution in [2.45, 2.75) is 63.0 Å². The summed E-state index contributed by atoms with van der Waals surface area (Å²) in [6.45, 7) is 6.51. The van der Waals surface area contributed by atoms with Crippen LogP contribution in [0.2, 0.25) is 0 Å². The van der Waals surface area contributed by atoms with Gasteiger partial charge in [-0.25, -0.2) is 0 Å². The van der Waals surface area contributed by atoms with Crippen molar-refractivity contribution in [3.63, 3.8) is 0 Å². The molecule has 2 unspecified atom stereocenters. The second-order valence-corrected chi connectivity index (χ2v) is 8.21. The molecule has 2 atom stereocenters. The first-order valence-electron chi connectivity index (χ1n) is 9.41. The van der Waals surface area contributed by atoms with Crippen LogP contribution in [0.15, 0.2) is 51.7 Å². The third-order valence-corrected chi connectivity index (χ3v) is 5.49. The van der Waals surface area contributed by atoms with Gasteiger partial charge in [0.25, 0.3) is 0 Å². The van der Waals surface area contributed by atoms with Gasteiger partial charge in [0.2, 0.25) is 0 Å². The van der Waals surface area contributed by atoms with Crippen LogP contribution >= 0.6 is 11.8 Å². The van der Waals surface area contributed by atoms with Crippen LogP contribution in [0.25, 0.3) is 0 Å². The van der Waals surface area contributed by atoms with Gasteiger partial charge in [-0.2, -0.15) is 0 Å². The Morgan fingerprint density at radius 2 is 2.04 bits per heavy atom. The molecule has 0 aliphatic heterocycles. The number of Topliss-reactive ketones (excluding diaryl/α,β-unsaturated/α-hetero) is 1. The fourth-order valence-corrected chi connectivity index (χ4v) is 4.46. The molecule has 26 heavy (non-hydrogen) atoms. The summed E-state index contributed by atoms with van der Waals surface area (Å²) in [6.07, 6.45) is 3.39. The summed E-state index contributed by atoms with van der Waals surface area (Å²) in [7, 11) is 0. The number of hydrogen-bond acceptors (Lipinski definition) is 5. The van der Waals surface area contributed by atoms with Crippen molar-refractivity contribution in [2.75, 3.05) is 6.61 Å². The van der Waals surface area contributed by atoms with Gasteiger partial charge in [-0.05, 0) is 37.8 Å². The molecule has 4 nitrogen and oxygen atoms in total. The molecule has 0 heterocycles. The first kappa shape index (κ1) is 20.6. The monoisotopic (exact) mass is 375 g/mol. The normalized spacial score (nSPS) is 19.6. The zero-order chi connectivity index (χ0) is 18.9. The summed E-state index contributed by atoms with van der Waals surface area (Å²) in [5, 5.41) is 15.0. The van der Waals surface area contributed by atoms with Crippen molar-refractivity contribution in [3.8, 4) is 0 Å². The van der Waals surface area contributed by atoms with E-state index in [-0.39, 0.29) is 17.5 Å². The molecule has 1 aromatic carbocycles.